The second-order valence-corrected chi connectivity index (χ2v) is 3.16. The SMILES string of the molecule is CCc1cc(OC)ccc1C(O)C(=O)O. The van der Waals surface area contributed by atoms with Crippen molar-refractivity contribution in [3.05, 3.63) is 29.3 Å². The van der Waals surface area contributed by atoms with Crippen LogP contribution in [0.3, 0.4) is 0 Å². The Kier molecular flexibility index (Phi) is 3.68. The lowest BCUT2D eigenvalue weighted by atomic mass is 10.00. The number of aliphatic hydroxyl groups excluding tert-OH is 1. The lowest BCUT2D eigenvalue weighted by molar-refractivity contribution is -0.147. The predicted molar refractivity (Wildman–Crippen MR) is 55.0 cm³/mol. The third-order valence-electron chi connectivity index (χ3n) is 2.26. The number of hydrogen-bond donors (Lipinski definition) is 2. The molecule has 1 atom stereocenters. The third kappa shape index (κ3) is 2.47. The number of rotatable bonds is 4. The molecule has 1 unspecified atom stereocenters. The number of aliphatic hydroxyl groups is 1. The Bertz CT molecular complexity index is 360. The first-order valence-corrected chi connectivity index (χ1v) is 4.67. The van der Waals surface area contributed by atoms with E-state index in [-0.39, 0.29) is 0 Å². The molecule has 4 heteroatoms. The molecule has 0 aliphatic carbocycles. The minimum absolute atomic E-state index is 0.422. The van der Waals surface area contributed by atoms with E-state index in [9.17, 15) is 9.90 Å². The molecule has 2 N–H and O–H groups in total. The van der Waals surface area contributed by atoms with Crippen molar-refractivity contribution in [1.29, 1.82) is 0 Å². The average molecular weight is 210 g/mol. The van der Waals surface area contributed by atoms with E-state index >= 15 is 0 Å². The summed E-state index contributed by atoms with van der Waals surface area (Å²) in [5.74, 6) is -0.581. The van der Waals surface area contributed by atoms with Gasteiger partial charge in [0.2, 0.25) is 0 Å². The Labute approximate surface area is 88.1 Å². The van der Waals surface area contributed by atoms with Crippen LogP contribution < -0.4 is 4.74 Å². The van der Waals surface area contributed by atoms with E-state index in [0.717, 1.165) is 5.56 Å². The van der Waals surface area contributed by atoms with E-state index < -0.39 is 12.1 Å². The highest BCUT2D eigenvalue weighted by molar-refractivity contribution is 5.74. The smallest absolute Gasteiger partial charge is 0.337 e. The van der Waals surface area contributed by atoms with Gasteiger partial charge in [0.25, 0.3) is 0 Å². The van der Waals surface area contributed by atoms with Crippen molar-refractivity contribution in [1.82, 2.24) is 0 Å². The number of benzene rings is 1. The van der Waals surface area contributed by atoms with E-state index in [1.807, 2.05) is 6.92 Å². The number of carbonyl (C=O) groups is 1. The van der Waals surface area contributed by atoms with Crippen molar-refractivity contribution in [2.45, 2.75) is 19.4 Å². The summed E-state index contributed by atoms with van der Waals surface area (Å²) in [4.78, 5) is 10.6. The molecule has 4 nitrogen and oxygen atoms in total. The van der Waals surface area contributed by atoms with Gasteiger partial charge in [-0.3, -0.25) is 0 Å². The lowest BCUT2D eigenvalue weighted by Gasteiger charge is -2.12. The molecule has 0 spiro atoms. The molecule has 1 rings (SSSR count). The Hall–Kier alpha value is -1.55. The zero-order valence-electron chi connectivity index (χ0n) is 8.73. The molecule has 0 bridgehead atoms. The molecule has 0 fully saturated rings. The van der Waals surface area contributed by atoms with Crippen LogP contribution in [0, 0.1) is 0 Å². The molecule has 0 radical (unpaired) electrons. The van der Waals surface area contributed by atoms with E-state index in [2.05, 4.69) is 0 Å². The summed E-state index contributed by atoms with van der Waals surface area (Å²) in [6, 6.07) is 4.96. The zero-order chi connectivity index (χ0) is 11.4. The first kappa shape index (κ1) is 11.5. The lowest BCUT2D eigenvalue weighted by Crippen LogP contribution is -2.12. The molecule has 1 aromatic carbocycles. The molecule has 15 heavy (non-hydrogen) atoms. The minimum atomic E-state index is -1.47. The molecule has 0 aliphatic rings. The highest BCUT2D eigenvalue weighted by Gasteiger charge is 2.18. The number of methoxy groups -OCH3 is 1. The fourth-order valence-electron chi connectivity index (χ4n) is 1.42. The monoisotopic (exact) mass is 210 g/mol. The number of ether oxygens (including phenoxy) is 1. The molecule has 0 aromatic heterocycles. The van der Waals surface area contributed by atoms with Gasteiger partial charge in [-0.05, 0) is 29.7 Å². The van der Waals surface area contributed by atoms with Crippen LogP contribution in [0.5, 0.6) is 5.75 Å². The Balaban J connectivity index is 3.12. The maximum absolute atomic E-state index is 10.6. The van der Waals surface area contributed by atoms with Crippen LogP contribution in [0.4, 0.5) is 0 Å². The molecular weight excluding hydrogens is 196 g/mol. The van der Waals surface area contributed by atoms with Crippen LogP contribution in [0.25, 0.3) is 0 Å². The fraction of sp³-hybridized carbons (Fsp3) is 0.364. The molecule has 1 aromatic rings. The number of aryl methyl sites for hydroxylation is 1. The number of carboxylic acids is 1. The standard InChI is InChI=1S/C11H14O4/c1-3-7-6-8(15-2)4-5-9(7)10(12)11(13)14/h4-6,10,12H,3H2,1-2H3,(H,13,14). The van der Waals surface area contributed by atoms with Gasteiger partial charge in [0.15, 0.2) is 6.10 Å². The minimum Gasteiger partial charge on any atom is -0.497 e. The first-order valence-electron chi connectivity index (χ1n) is 4.67. The quantitative estimate of drug-likeness (QED) is 0.787. The summed E-state index contributed by atoms with van der Waals surface area (Å²) in [5.41, 5.74) is 1.20. The summed E-state index contributed by atoms with van der Waals surface area (Å²) in [5, 5.41) is 18.1. The summed E-state index contributed by atoms with van der Waals surface area (Å²) < 4.78 is 5.02. The second-order valence-electron chi connectivity index (χ2n) is 3.16. The highest BCUT2D eigenvalue weighted by Crippen LogP contribution is 2.23. The molecular formula is C11H14O4. The molecule has 0 heterocycles. The van der Waals surface area contributed by atoms with Crippen LogP contribution in [0.15, 0.2) is 18.2 Å². The first-order chi connectivity index (χ1) is 7.10. The van der Waals surface area contributed by atoms with Gasteiger partial charge in [-0.15, -0.1) is 0 Å². The summed E-state index contributed by atoms with van der Waals surface area (Å²) in [6.45, 7) is 1.90. The van der Waals surface area contributed by atoms with Crippen molar-refractivity contribution in [2.75, 3.05) is 7.11 Å². The summed E-state index contributed by atoms with van der Waals surface area (Å²) in [7, 11) is 1.54. The van der Waals surface area contributed by atoms with Crippen LogP contribution >= 0.6 is 0 Å². The number of hydrogen-bond acceptors (Lipinski definition) is 3. The van der Waals surface area contributed by atoms with Crippen molar-refractivity contribution in [2.24, 2.45) is 0 Å². The van der Waals surface area contributed by atoms with Crippen molar-refractivity contribution >= 4 is 5.97 Å². The van der Waals surface area contributed by atoms with Gasteiger partial charge >= 0.3 is 5.97 Å². The zero-order valence-corrected chi connectivity index (χ0v) is 8.73. The highest BCUT2D eigenvalue weighted by atomic mass is 16.5. The number of carboxylic acid groups (broad SMARTS) is 1. The maximum atomic E-state index is 10.6. The van der Waals surface area contributed by atoms with Crippen LogP contribution in [0.2, 0.25) is 0 Å². The van der Waals surface area contributed by atoms with Gasteiger partial charge < -0.3 is 14.9 Å². The molecule has 0 aliphatic heterocycles. The Morgan fingerprint density at radius 2 is 2.20 bits per heavy atom. The summed E-state index contributed by atoms with van der Waals surface area (Å²) in [6.07, 6.45) is -0.817. The second kappa shape index (κ2) is 4.79. The molecule has 0 amide bonds. The van der Waals surface area contributed by atoms with Crippen LogP contribution in [0.1, 0.15) is 24.2 Å². The van der Waals surface area contributed by atoms with Gasteiger partial charge in [-0.25, -0.2) is 4.79 Å². The molecule has 0 saturated heterocycles. The summed E-state index contributed by atoms with van der Waals surface area (Å²) >= 11 is 0. The van der Waals surface area contributed by atoms with E-state index in [0.29, 0.717) is 17.7 Å². The van der Waals surface area contributed by atoms with Gasteiger partial charge in [0, 0.05) is 0 Å². The van der Waals surface area contributed by atoms with Crippen LogP contribution in [-0.4, -0.2) is 23.3 Å². The van der Waals surface area contributed by atoms with Crippen molar-refractivity contribution < 1.29 is 19.7 Å². The fourth-order valence-corrected chi connectivity index (χ4v) is 1.42. The van der Waals surface area contributed by atoms with E-state index in [1.165, 1.54) is 0 Å². The largest absolute Gasteiger partial charge is 0.497 e. The van der Waals surface area contributed by atoms with Gasteiger partial charge in [0.05, 0.1) is 7.11 Å². The Morgan fingerprint density at radius 1 is 1.53 bits per heavy atom. The Morgan fingerprint density at radius 3 is 2.67 bits per heavy atom. The van der Waals surface area contributed by atoms with Crippen molar-refractivity contribution in [3.63, 3.8) is 0 Å². The van der Waals surface area contributed by atoms with E-state index in [4.69, 9.17) is 9.84 Å². The van der Waals surface area contributed by atoms with Gasteiger partial charge in [-0.1, -0.05) is 13.0 Å². The average Bonchev–Trinajstić information content (AvgIpc) is 2.27. The van der Waals surface area contributed by atoms with E-state index in [1.54, 1.807) is 25.3 Å². The predicted octanol–water partition coefficient (Wildman–Crippen LogP) is 1.38. The normalized spacial score (nSPS) is 12.2. The van der Waals surface area contributed by atoms with Gasteiger partial charge in [-0.2, -0.15) is 0 Å². The third-order valence-corrected chi connectivity index (χ3v) is 2.26. The topological polar surface area (TPSA) is 66.8 Å². The molecule has 0 saturated carbocycles. The molecule has 82 valence electrons. The van der Waals surface area contributed by atoms with Gasteiger partial charge in [0.1, 0.15) is 5.75 Å². The maximum Gasteiger partial charge on any atom is 0.337 e. The van der Waals surface area contributed by atoms with Crippen molar-refractivity contribution in [3.8, 4) is 5.75 Å². The van der Waals surface area contributed by atoms with Crippen LogP contribution in [-0.2, 0) is 11.2 Å². The number of aliphatic carboxylic acids is 1.